The SMILES string of the molecule is CCCN(Cc1cccn1Cc1ccc(C(=O)NC(C)c2ccccc2)o1)C(=O)C1CC1. The van der Waals surface area contributed by atoms with E-state index in [0.717, 1.165) is 37.1 Å². The Kier molecular flexibility index (Phi) is 6.78. The van der Waals surface area contributed by atoms with Crippen molar-refractivity contribution in [3.8, 4) is 0 Å². The van der Waals surface area contributed by atoms with E-state index < -0.39 is 0 Å². The number of amides is 2. The van der Waals surface area contributed by atoms with Gasteiger partial charge < -0.3 is 19.2 Å². The summed E-state index contributed by atoms with van der Waals surface area (Å²) in [6.07, 6.45) is 4.96. The van der Waals surface area contributed by atoms with Crippen LogP contribution in [0.3, 0.4) is 0 Å². The van der Waals surface area contributed by atoms with Gasteiger partial charge in [-0.3, -0.25) is 9.59 Å². The molecule has 32 heavy (non-hydrogen) atoms. The van der Waals surface area contributed by atoms with Crippen molar-refractivity contribution in [1.82, 2.24) is 14.8 Å². The van der Waals surface area contributed by atoms with Crippen molar-refractivity contribution in [3.05, 3.63) is 83.6 Å². The fourth-order valence-corrected chi connectivity index (χ4v) is 3.91. The summed E-state index contributed by atoms with van der Waals surface area (Å²) in [4.78, 5) is 27.2. The number of carbonyl (C=O) groups excluding carboxylic acids is 2. The molecule has 1 aliphatic carbocycles. The predicted octanol–water partition coefficient (Wildman–Crippen LogP) is 4.77. The van der Waals surface area contributed by atoms with Crippen LogP contribution < -0.4 is 5.32 Å². The molecule has 2 amide bonds. The van der Waals surface area contributed by atoms with Gasteiger partial charge in [-0.05, 0) is 56.0 Å². The van der Waals surface area contributed by atoms with E-state index in [9.17, 15) is 9.59 Å². The Hall–Kier alpha value is -3.28. The van der Waals surface area contributed by atoms with E-state index in [2.05, 4.69) is 16.8 Å². The normalized spacial score (nSPS) is 14.2. The zero-order chi connectivity index (χ0) is 22.5. The molecule has 1 fully saturated rings. The minimum absolute atomic E-state index is 0.109. The van der Waals surface area contributed by atoms with Crippen LogP contribution in [0.5, 0.6) is 0 Å². The molecule has 1 N–H and O–H groups in total. The molecular weight excluding hydrogens is 402 g/mol. The van der Waals surface area contributed by atoms with Crippen LogP contribution >= 0.6 is 0 Å². The van der Waals surface area contributed by atoms with Crippen LogP contribution in [0.4, 0.5) is 0 Å². The van der Waals surface area contributed by atoms with Crippen molar-refractivity contribution in [1.29, 1.82) is 0 Å². The van der Waals surface area contributed by atoms with E-state index in [4.69, 9.17) is 4.42 Å². The number of nitrogens with zero attached hydrogens (tertiary/aromatic N) is 2. The first kappa shape index (κ1) is 21.9. The van der Waals surface area contributed by atoms with Gasteiger partial charge in [-0.15, -0.1) is 0 Å². The highest BCUT2D eigenvalue weighted by Gasteiger charge is 2.33. The van der Waals surface area contributed by atoms with Gasteiger partial charge in [0.2, 0.25) is 5.91 Å². The summed E-state index contributed by atoms with van der Waals surface area (Å²) >= 11 is 0. The zero-order valence-corrected chi connectivity index (χ0v) is 18.8. The second-order valence-corrected chi connectivity index (χ2v) is 8.53. The maximum absolute atomic E-state index is 12.6. The molecule has 1 aromatic carbocycles. The summed E-state index contributed by atoms with van der Waals surface area (Å²) in [6.45, 7) is 5.93. The first-order valence-electron chi connectivity index (χ1n) is 11.4. The smallest absolute Gasteiger partial charge is 0.287 e. The molecule has 0 bridgehead atoms. The Morgan fingerprint density at radius 2 is 1.91 bits per heavy atom. The standard InChI is InChI=1S/C26H31N3O3/c1-3-15-29(26(31)21-11-12-21)17-22-10-7-16-28(22)18-23-13-14-24(32-23)25(30)27-19(2)20-8-5-4-6-9-20/h4-10,13-14,16,19,21H,3,11-12,15,17-18H2,1-2H3,(H,27,30). The van der Waals surface area contributed by atoms with Gasteiger partial charge in [-0.25, -0.2) is 0 Å². The molecule has 1 unspecified atom stereocenters. The number of furan rings is 1. The predicted molar refractivity (Wildman–Crippen MR) is 123 cm³/mol. The summed E-state index contributed by atoms with van der Waals surface area (Å²) < 4.78 is 7.92. The molecule has 2 aromatic heterocycles. The lowest BCUT2D eigenvalue weighted by Crippen LogP contribution is -2.33. The number of nitrogens with one attached hydrogen (secondary N) is 1. The highest BCUT2D eigenvalue weighted by atomic mass is 16.4. The Morgan fingerprint density at radius 3 is 2.62 bits per heavy atom. The third-order valence-electron chi connectivity index (χ3n) is 5.87. The van der Waals surface area contributed by atoms with E-state index in [1.807, 2.05) is 66.6 Å². The molecule has 1 aliphatic rings. The fraction of sp³-hybridized carbons (Fsp3) is 0.385. The van der Waals surface area contributed by atoms with Crippen molar-refractivity contribution in [2.75, 3.05) is 6.54 Å². The Morgan fingerprint density at radius 1 is 1.12 bits per heavy atom. The monoisotopic (exact) mass is 433 g/mol. The second kappa shape index (κ2) is 9.90. The number of aromatic nitrogens is 1. The van der Waals surface area contributed by atoms with Crippen LogP contribution in [0.2, 0.25) is 0 Å². The average Bonchev–Trinajstić information content (AvgIpc) is 3.40. The summed E-state index contributed by atoms with van der Waals surface area (Å²) in [5.74, 6) is 1.26. The van der Waals surface area contributed by atoms with Crippen molar-refractivity contribution in [2.24, 2.45) is 5.92 Å². The molecule has 2 heterocycles. The van der Waals surface area contributed by atoms with Crippen molar-refractivity contribution >= 4 is 11.8 Å². The third kappa shape index (κ3) is 5.31. The van der Waals surface area contributed by atoms with Crippen LogP contribution in [0, 0.1) is 5.92 Å². The molecule has 6 nitrogen and oxygen atoms in total. The topological polar surface area (TPSA) is 67.5 Å². The van der Waals surface area contributed by atoms with Crippen molar-refractivity contribution < 1.29 is 14.0 Å². The van der Waals surface area contributed by atoms with Gasteiger partial charge in [0.1, 0.15) is 5.76 Å². The molecule has 1 atom stereocenters. The number of benzene rings is 1. The molecule has 168 valence electrons. The van der Waals surface area contributed by atoms with Gasteiger partial charge in [0.25, 0.3) is 5.91 Å². The number of rotatable bonds is 10. The molecule has 0 radical (unpaired) electrons. The Labute approximate surface area is 189 Å². The van der Waals surface area contributed by atoms with Gasteiger partial charge in [0, 0.05) is 24.4 Å². The maximum Gasteiger partial charge on any atom is 0.287 e. The van der Waals surface area contributed by atoms with Crippen LogP contribution in [-0.2, 0) is 17.9 Å². The van der Waals surface area contributed by atoms with Crippen LogP contribution in [0.25, 0.3) is 0 Å². The number of hydrogen-bond acceptors (Lipinski definition) is 3. The molecule has 0 saturated heterocycles. The van der Waals surface area contributed by atoms with Crippen LogP contribution in [-0.4, -0.2) is 27.8 Å². The van der Waals surface area contributed by atoms with E-state index in [1.165, 1.54) is 0 Å². The Balaban J connectivity index is 1.39. The summed E-state index contributed by atoms with van der Waals surface area (Å²) in [6, 6.07) is 17.3. The molecule has 0 spiro atoms. The van der Waals surface area contributed by atoms with Crippen molar-refractivity contribution in [3.63, 3.8) is 0 Å². The molecular formula is C26H31N3O3. The first-order valence-corrected chi connectivity index (χ1v) is 11.4. The molecule has 3 aromatic rings. The molecule has 4 rings (SSSR count). The largest absolute Gasteiger partial charge is 0.454 e. The van der Waals surface area contributed by atoms with E-state index >= 15 is 0 Å². The number of hydrogen-bond donors (Lipinski definition) is 1. The van der Waals surface area contributed by atoms with Gasteiger partial charge in [-0.2, -0.15) is 0 Å². The Bertz CT molecular complexity index is 1050. The van der Waals surface area contributed by atoms with Crippen molar-refractivity contribution in [2.45, 2.75) is 52.2 Å². The summed E-state index contributed by atoms with van der Waals surface area (Å²) in [5.41, 5.74) is 2.11. The van der Waals surface area contributed by atoms with Gasteiger partial charge >= 0.3 is 0 Å². The quantitative estimate of drug-likeness (QED) is 0.501. The van der Waals surface area contributed by atoms with E-state index in [1.54, 1.807) is 6.07 Å². The fourth-order valence-electron chi connectivity index (χ4n) is 3.91. The van der Waals surface area contributed by atoms with Crippen LogP contribution in [0.15, 0.2) is 65.2 Å². The maximum atomic E-state index is 12.6. The van der Waals surface area contributed by atoms with Gasteiger partial charge in [-0.1, -0.05) is 37.3 Å². The van der Waals surface area contributed by atoms with Gasteiger partial charge in [0.05, 0.1) is 19.1 Å². The zero-order valence-electron chi connectivity index (χ0n) is 18.8. The lowest BCUT2D eigenvalue weighted by molar-refractivity contribution is -0.133. The lowest BCUT2D eigenvalue weighted by atomic mass is 10.1. The van der Waals surface area contributed by atoms with E-state index in [0.29, 0.717) is 24.6 Å². The highest BCUT2D eigenvalue weighted by molar-refractivity contribution is 5.91. The number of carbonyl (C=O) groups is 2. The second-order valence-electron chi connectivity index (χ2n) is 8.53. The molecule has 6 heteroatoms. The minimum atomic E-state index is -0.232. The molecule has 1 saturated carbocycles. The average molecular weight is 434 g/mol. The molecule has 0 aliphatic heterocycles. The minimum Gasteiger partial charge on any atom is -0.454 e. The first-order chi connectivity index (χ1) is 15.5. The summed E-state index contributed by atoms with van der Waals surface area (Å²) in [5, 5.41) is 2.98. The lowest BCUT2D eigenvalue weighted by Gasteiger charge is -2.23. The van der Waals surface area contributed by atoms with Crippen LogP contribution in [0.1, 0.15) is 66.7 Å². The summed E-state index contributed by atoms with van der Waals surface area (Å²) in [7, 11) is 0. The third-order valence-corrected chi connectivity index (χ3v) is 5.87. The highest BCUT2D eigenvalue weighted by Crippen LogP contribution is 2.31. The van der Waals surface area contributed by atoms with E-state index in [-0.39, 0.29) is 23.8 Å². The van der Waals surface area contributed by atoms with Gasteiger partial charge in [0.15, 0.2) is 5.76 Å².